The second-order valence-electron chi connectivity index (χ2n) is 6.65. The van der Waals surface area contributed by atoms with Crippen molar-refractivity contribution in [2.45, 2.75) is 52.3 Å². The highest BCUT2D eigenvalue weighted by Crippen LogP contribution is 2.47. The Labute approximate surface area is 152 Å². The number of esters is 1. The van der Waals surface area contributed by atoms with Gasteiger partial charge in [-0.15, -0.1) is 0 Å². The number of hydrogen-bond donors (Lipinski definition) is 1. The lowest BCUT2D eigenvalue weighted by atomic mass is 9.83. The van der Waals surface area contributed by atoms with Crippen LogP contribution in [-0.2, 0) is 27.3 Å². The zero-order valence-corrected chi connectivity index (χ0v) is 15.4. The molecular formula is C19H25N3O4. The van der Waals surface area contributed by atoms with E-state index in [1.165, 1.54) is 11.0 Å². The Balaban J connectivity index is 2.02. The molecule has 3 rings (SSSR count). The molecule has 0 saturated carbocycles. The van der Waals surface area contributed by atoms with Crippen LogP contribution < -0.4 is 0 Å². The Morgan fingerprint density at radius 2 is 2.27 bits per heavy atom. The number of aromatic nitrogens is 2. The number of nitrogens with zero attached hydrogens (tertiary/aromatic N) is 3. The van der Waals surface area contributed by atoms with Crippen LogP contribution in [0.25, 0.3) is 5.57 Å². The van der Waals surface area contributed by atoms with Crippen molar-refractivity contribution in [1.29, 1.82) is 0 Å². The van der Waals surface area contributed by atoms with Crippen LogP contribution in [0.5, 0.6) is 0 Å². The monoisotopic (exact) mass is 359 g/mol. The molecule has 0 radical (unpaired) electrons. The Kier molecular flexibility index (Phi) is 5.00. The highest BCUT2D eigenvalue weighted by atomic mass is 16.5. The molecule has 3 heterocycles. The number of ether oxygens (including phenoxy) is 1. The largest absolute Gasteiger partial charge is 0.457 e. The normalized spacial score (nSPS) is 22.9. The summed E-state index contributed by atoms with van der Waals surface area (Å²) in [6, 6.07) is 1.74. The van der Waals surface area contributed by atoms with Crippen molar-refractivity contribution in [1.82, 2.24) is 14.7 Å². The van der Waals surface area contributed by atoms with Gasteiger partial charge in [0.25, 0.3) is 0 Å². The molecule has 7 nitrogen and oxygen atoms in total. The maximum Gasteiger partial charge on any atom is 0.355 e. The third kappa shape index (κ3) is 2.76. The average molecular weight is 359 g/mol. The maximum atomic E-state index is 12.6. The topological polar surface area (TPSA) is 84.7 Å². The lowest BCUT2D eigenvalue weighted by molar-refractivity contribution is -0.162. The van der Waals surface area contributed by atoms with E-state index < -0.39 is 18.0 Å². The molecule has 2 aliphatic rings. The molecule has 7 heteroatoms. The van der Waals surface area contributed by atoms with Gasteiger partial charge in [-0.05, 0) is 32.8 Å². The second kappa shape index (κ2) is 7.07. The molecule has 140 valence electrons. The number of carbonyl (C=O) groups excluding carboxylic acids is 2. The second-order valence-corrected chi connectivity index (χ2v) is 6.65. The van der Waals surface area contributed by atoms with E-state index in [2.05, 4.69) is 18.6 Å². The Morgan fingerprint density at radius 1 is 1.54 bits per heavy atom. The van der Waals surface area contributed by atoms with E-state index in [1.807, 2.05) is 17.7 Å². The number of aliphatic hydroxyl groups is 1. The summed E-state index contributed by atoms with van der Waals surface area (Å²) >= 11 is 0. The molecule has 1 fully saturated rings. The summed E-state index contributed by atoms with van der Waals surface area (Å²) < 4.78 is 7.11. The number of fused-ring (bicyclic) bond motifs is 1. The molecule has 3 atom stereocenters. The van der Waals surface area contributed by atoms with Gasteiger partial charge in [-0.25, -0.2) is 4.79 Å². The molecule has 0 spiro atoms. The molecule has 1 N–H and O–H groups in total. The van der Waals surface area contributed by atoms with E-state index in [1.54, 1.807) is 6.92 Å². The Morgan fingerprint density at radius 3 is 2.81 bits per heavy atom. The third-order valence-corrected chi connectivity index (χ3v) is 5.09. The predicted molar refractivity (Wildman–Crippen MR) is 95.8 cm³/mol. The van der Waals surface area contributed by atoms with Gasteiger partial charge in [-0.3, -0.25) is 9.48 Å². The summed E-state index contributed by atoms with van der Waals surface area (Å²) in [5, 5.41) is 14.5. The summed E-state index contributed by atoms with van der Waals surface area (Å²) in [6.45, 7) is 10.0. The van der Waals surface area contributed by atoms with E-state index in [0.717, 1.165) is 18.7 Å². The number of aliphatic hydroxyl groups excluding tert-OH is 1. The van der Waals surface area contributed by atoms with Crippen LogP contribution >= 0.6 is 0 Å². The standard InChI is InChI=1S/C19H25N3O4/c1-5-8-26-19(25)17-13(14-9-12(6-2)21(7-3)20-14)10-15-16(11(4)23)18(24)22(15)17/h5,9,11,15-16,23H,1,6-8,10H2,2-4H3/t11-,15-,16-/m1/s1. The quantitative estimate of drug-likeness (QED) is 0.453. The van der Waals surface area contributed by atoms with Crippen molar-refractivity contribution in [2.75, 3.05) is 6.61 Å². The number of β-lactam (4-membered cyclic amide) rings is 1. The van der Waals surface area contributed by atoms with Crippen molar-refractivity contribution in [3.63, 3.8) is 0 Å². The molecule has 1 aromatic rings. The summed E-state index contributed by atoms with van der Waals surface area (Å²) in [5.41, 5.74) is 2.73. The van der Waals surface area contributed by atoms with Gasteiger partial charge in [0.15, 0.2) is 0 Å². The zero-order valence-electron chi connectivity index (χ0n) is 15.4. The van der Waals surface area contributed by atoms with Crippen molar-refractivity contribution in [3.05, 3.63) is 35.8 Å². The number of carbonyl (C=O) groups is 2. The van der Waals surface area contributed by atoms with E-state index in [0.29, 0.717) is 17.7 Å². The van der Waals surface area contributed by atoms with E-state index in [-0.39, 0.29) is 24.3 Å². The van der Waals surface area contributed by atoms with Crippen LogP contribution in [0.4, 0.5) is 0 Å². The first-order chi connectivity index (χ1) is 12.4. The van der Waals surface area contributed by atoms with Crippen LogP contribution in [0.15, 0.2) is 24.4 Å². The van der Waals surface area contributed by atoms with E-state index in [4.69, 9.17) is 4.74 Å². The van der Waals surface area contributed by atoms with Crippen LogP contribution in [0.1, 0.15) is 38.6 Å². The van der Waals surface area contributed by atoms with Crippen molar-refractivity contribution in [2.24, 2.45) is 5.92 Å². The van der Waals surface area contributed by atoms with Crippen molar-refractivity contribution < 1.29 is 19.4 Å². The molecule has 1 saturated heterocycles. The molecule has 0 unspecified atom stereocenters. The maximum absolute atomic E-state index is 12.6. The fourth-order valence-corrected chi connectivity index (χ4v) is 3.85. The molecule has 1 amide bonds. The first-order valence-electron chi connectivity index (χ1n) is 9.03. The summed E-state index contributed by atoms with van der Waals surface area (Å²) in [4.78, 5) is 26.6. The number of rotatable bonds is 7. The average Bonchev–Trinajstić information content (AvgIpc) is 3.17. The van der Waals surface area contributed by atoms with Crippen molar-refractivity contribution >= 4 is 17.4 Å². The molecule has 2 aliphatic heterocycles. The van der Waals surface area contributed by atoms with Gasteiger partial charge >= 0.3 is 5.97 Å². The third-order valence-electron chi connectivity index (χ3n) is 5.09. The first kappa shape index (κ1) is 18.4. The van der Waals surface area contributed by atoms with Gasteiger partial charge in [0.2, 0.25) is 5.91 Å². The molecule has 0 aromatic carbocycles. The van der Waals surface area contributed by atoms with Crippen molar-refractivity contribution in [3.8, 4) is 0 Å². The SMILES string of the molecule is C=CCOC(=O)C1=C(c2cc(CC)n(CC)n2)C[C@@H]2[C@@H]([C@@H](C)O)C(=O)N12. The van der Waals surface area contributed by atoms with E-state index >= 15 is 0 Å². The van der Waals surface area contributed by atoms with Gasteiger partial charge in [0.05, 0.1) is 23.8 Å². The minimum absolute atomic E-state index is 0.0752. The lowest BCUT2D eigenvalue weighted by Crippen LogP contribution is -2.61. The molecule has 0 bridgehead atoms. The van der Waals surface area contributed by atoms with Gasteiger partial charge in [-0.1, -0.05) is 19.6 Å². The number of aryl methyl sites for hydroxylation is 2. The number of amides is 1. The van der Waals surface area contributed by atoms with Gasteiger partial charge in [0.1, 0.15) is 12.3 Å². The molecular weight excluding hydrogens is 334 g/mol. The summed E-state index contributed by atoms with van der Waals surface area (Å²) in [6.07, 6.45) is 2.05. The van der Waals surface area contributed by atoms with E-state index in [9.17, 15) is 14.7 Å². The summed E-state index contributed by atoms with van der Waals surface area (Å²) in [5.74, 6) is -1.28. The highest BCUT2D eigenvalue weighted by molar-refractivity contribution is 6.06. The predicted octanol–water partition coefficient (Wildman–Crippen LogP) is 1.52. The highest BCUT2D eigenvalue weighted by Gasteiger charge is 2.57. The Hall–Kier alpha value is -2.41. The fourth-order valence-electron chi connectivity index (χ4n) is 3.85. The smallest absolute Gasteiger partial charge is 0.355 e. The van der Waals surface area contributed by atoms with Gasteiger partial charge in [0, 0.05) is 17.8 Å². The summed E-state index contributed by atoms with van der Waals surface area (Å²) in [7, 11) is 0. The molecule has 26 heavy (non-hydrogen) atoms. The number of hydrogen-bond acceptors (Lipinski definition) is 5. The lowest BCUT2D eigenvalue weighted by Gasteiger charge is -2.44. The van der Waals surface area contributed by atoms with Crippen LogP contribution in [-0.4, -0.2) is 50.4 Å². The Bertz CT molecular complexity index is 756. The first-order valence-corrected chi connectivity index (χ1v) is 9.03. The van der Waals surface area contributed by atoms with Gasteiger partial charge in [-0.2, -0.15) is 5.10 Å². The fraction of sp³-hybridized carbons (Fsp3) is 0.526. The van der Waals surface area contributed by atoms with Gasteiger partial charge < -0.3 is 14.7 Å². The van der Waals surface area contributed by atoms with Crippen LogP contribution in [0, 0.1) is 5.92 Å². The minimum atomic E-state index is -0.757. The zero-order chi connectivity index (χ0) is 19.0. The molecule has 1 aromatic heterocycles. The van der Waals surface area contributed by atoms with Crippen LogP contribution in [0.3, 0.4) is 0 Å². The van der Waals surface area contributed by atoms with Crippen LogP contribution in [0.2, 0.25) is 0 Å². The minimum Gasteiger partial charge on any atom is -0.457 e. The molecule has 0 aliphatic carbocycles.